The molecule has 4 rings (SSSR count). The Labute approximate surface area is 235 Å². The van der Waals surface area contributed by atoms with Crippen LogP contribution >= 0.6 is 23.2 Å². The van der Waals surface area contributed by atoms with Crippen molar-refractivity contribution in [2.24, 2.45) is 7.05 Å². The molecule has 0 fully saturated rings. The molecule has 0 aliphatic rings. The van der Waals surface area contributed by atoms with Crippen LogP contribution in [0.5, 0.6) is 0 Å². The van der Waals surface area contributed by atoms with Crippen molar-refractivity contribution in [1.29, 1.82) is 0 Å². The number of hydrogen-bond donors (Lipinski definition) is 2. The highest BCUT2D eigenvalue weighted by Crippen LogP contribution is 2.40. The van der Waals surface area contributed by atoms with Gasteiger partial charge in [-0.3, -0.25) is 9.48 Å². The summed E-state index contributed by atoms with van der Waals surface area (Å²) in [6, 6.07) is 9.59. The van der Waals surface area contributed by atoms with Crippen LogP contribution in [-0.4, -0.2) is 52.5 Å². The second-order valence-corrected chi connectivity index (χ2v) is 11.6. The highest BCUT2D eigenvalue weighted by Gasteiger charge is 2.39. The summed E-state index contributed by atoms with van der Waals surface area (Å²) >= 11 is 12.1. The number of carboxylic acid groups (broad SMARTS) is 1. The Morgan fingerprint density at radius 1 is 1.10 bits per heavy atom. The van der Waals surface area contributed by atoms with Crippen molar-refractivity contribution in [2.75, 3.05) is 6.26 Å². The number of aromatic nitrogens is 3. The number of carbonyl (C=O) groups excluding carboxylic acids is 1. The van der Waals surface area contributed by atoms with E-state index in [0.29, 0.717) is 16.5 Å². The zero-order valence-electron chi connectivity index (χ0n) is 20.6. The first-order valence-electron chi connectivity index (χ1n) is 11.3. The Bertz CT molecular complexity index is 1770. The molecule has 0 bridgehead atoms. The number of benzene rings is 2. The Kier molecular flexibility index (Phi) is 7.85. The van der Waals surface area contributed by atoms with Crippen LogP contribution < -0.4 is 5.32 Å². The number of carbonyl (C=O) groups is 2. The summed E-state index contributed by atoms with van der Waals surface area (Å²) in [5, 5.41) is 15.6. The minimum Gasteiger partial charge on any atom is -0.480 e. The van der Waals surface area contributed by atoms with E-state index in [1.807, 2.05) is 0 Å². The molecule has 0 spiro atoms. The number of aliphatic carboxylic acids is 1. The molecule has 2 N–H and O–H groups in total. The lowest BCUT2D eigenvalue weighted by Gasteiger charge is -2.16. The SMILES string of the molecule is Cn1nc(C(F)(F)F)c(-c2ccc3cc(CC(NC(=O)c4ccc(S(C)(=O)=O)cc4Cl)C(=O)O)ccc3n2)c1Cl. The van der Waals surface area contributed by atoms with Crippen LogP contribution in [0, 0.1) is 0 Å². The van der Waals surface area contributed by atoms with Gasteiger partial charge in [0.1, 0.15) is 11.2 Å². The van der Waals surface area contributed by atoms with Gasteiger partial charge in [-0.25, -0.2) is 18.2 Å². The van der Waals surface area contributed by atoms with E-state index in [-0.39, 0.29) is 38.3 Å². The molecule has 40 heavy (non-hydrogen) atoms. The second kappa shape index (κ2) is 10.7. The number of rotatable bonds is 7. The zero-order chi connectivity index (χ0) is 29.6. The molecular formula is C25H19Cl2F3N4O5S. The first kappa shape index (κ1) is 29.3. The summed E-state index contributed by atoms with van der Waals surface area (Å²) in [6.45, 7) is 0. The van der Waals surface area contributed by atoms with E-state index >= 15 is 0 Å². The maximum atomic E-state index is 13.5. The van der Waals surface area contributed by atoms with E-state index in [1.54, 1.807) is 6.07 Å². The minimum absolute atomic E-state index is 0.0416. The molecule has 0 saturated carbocycles. The summed E-state index contributed by atoms with van der Waals surface area (Å²) in [6.07, 6.45) is -3.92. The monoisotopic (exact) mass is 614 g/mol. The lowest BCUT2D eigenvalue weighted by molar-refractivity contribution is -0.141. The quantitative estimate of drug-likeness (QED) is 0.306. The molecule has 0 saturated heterocycles. The number of nitrogens with one attached hydrogen (secondary N) is 1. The van der Waals surface area contributed by atoms with Gasteiger partial charge in [0.05, 0.1) is 32.3 Å². The molecule has 1 amide bonds. The number of alkyl halides is 3. The lowest BCUT2D eigenvalue weighted by atomic mass is 10.0. The maximum absolute atomic E-state index is 13.5. The smallest absolute Gasteiger partial charge is 0.435 e. The molecule has 2 aromatic carbocycles. The molecule has 2 aromatic heterocycles. The van der Waals surface area contributed by atoms with Gasteiger partial charge in [-0.2, -0.15) is 18.3 Å². The van der Waals surface area contributed by atoms with Crippen molar-refractivity contribution < 1.29 is 36.3 Å². The van der Waals surface area contributed by atoms with Crippen LogP contribution in [0.15, 0.2) is 53.4 Å². The van der Waals surface area contributed by atoms with E-state index in [1.165, 1.54) is 43.4 Å². The number of halogens is 5. The van der Waals surface area contributed by atoms with E-state index < -0.39 is 39.6 Å². The van der Waals surface area contributed by atoms with Crippen molar-refractivity contribution >= 4 is 55.8 Å². The first-order valence-corrected chi connectivity index (χ1v) is 13.9. The Morgan fingerprint density at radius 2 is 1.80 bits per heavy atom. The third-order valence-electron chi connectivity index (χ3n) is 5.91. The Balaban J connectivity index is 1.59. The number of carboxylic acids is 1. The number of amides is 1. The van der Waals surface area contributed by atoms with Crippen molar-refractivity contribution in [2.45, 2.75) is 23.5 Å². The van der Waals surface area contributed by atoms with Gasteiger partial charge in [0.2, 0.25) is 0 Å². The number of pyridine rings is 1. The number of aryl methyl sites for hydroxylation is 1. The van der Waals surface area contributed by atoms with Crippen LogP contribution in [0.2, 0.25) is 10.2 Å². The fourth-order valence-electron chi connectivity index (χ4n) is 3.95. The predicted octanol–water partition coefficient (Wildman–Crippen LogP) is 4.79. The summed E-state index contributed by atoms with van der Waals surface area (Å²) in [5.74, 6) is -2.16. The zero-order valence-corrected chi connectivity index (χ0v) is 23.0. The molecule has 0 aliphatic heterocycles. The molecule has 0 aliphatic carbocycles. The second-order valence-electron chi connectivity index (χ2n) is 8.84. The van der Waals surface area contributed by atoms with Crippen molar-refractivity contribution in [3.63, 3.8) is 0 Å². The van der Waals surface area contributed by atoms with Gasteiger partial charge in [0, 0.05) is 25.1 Å². The number of hydrogen-bond acceptors (Lipinski definition) is 6. The topological polar surface area (TPSA) is 131 Å². The molecule has 2 heterocycles. The van der Waals surface area contributed by atoms with Crippen LogP contribution in [0.4, 0.5) is 13.2 Å². The fraction of sp³-hybridized carbons (Fsp3) is 0.200. The molecule has 15 heteroatoms. The third-order valence-corrected chi connectivity index (χ3v) is 7.77. The van der Waals surface area contributed by atoms with Gasteiger partial charge in [-0.05, 0) is 42.0 Å². The van der Waals surface area contributed by atoms with Crippen LogP contribution in [0.25, 0.3) is 22.2 Å². The highest BCUT2D eigenvalue weighted by atomic mass is 35.5. The molecular weight excluding hydrogens is 596 g/mol. The fourth-order valence-corrected chi connectivity index (χ4v) is 5.15. The molecule has 9 nitrogen and oxygen atoms in total. The van der Waals surface area contributed by atoms with E-state index in [9.17, 15) is 36.3 Å². The average Bonchev–Trinajstić information content (AvgIpc) is 3.17. The van der Waals surface area contributed by atoms with E-state index in [2.05, 4.69) is 15.4 Å². The van der Waals surface area contributed by atoms with Crippen molar-refractivity contribution in [1.82, 2.24) is 20.1 Å². The largest absolute Gasteiger partial charge is 0.480 e. The van der Waals surface area contributed by atoms with Crippen molar-refractivity contribution in [3.8, 4) is 11.3 Å². The highest BCUT2D eigenvalue weighted by molar-refractivity contribution is 7.90. The van der Waals surface area contributed by atoms with Crippen LogP contribution in [0.3, 0.4) is 0 Å². The third kappa shape index (κ3) is 6.06. The number of fused-ring (bicyclic) bond motifs is 1. The van der Waals surface area contributed by atoms with Gasteiger partial charge < -0.3 is 10.4 Å². The van der Waals surface area contributed by atoms with Gasteiger partial charge in [0.25, 0.3) is 5.91 Å². The summed E-state index contributed by atoms with van der Waals surface area (Å²) in [7, 11) is -2.29. The normalized spacial score (nSPS) is 12.9. The van der Waals surface area contributed by atoms with Crippen LogP contribution in [-0.2, 0) is 34.3 Å². The first-order chi connectivity index (χ1) is 18.6. The average molecular weight is 615 g/mol. The van der Waals surface area contributed by atoms with Crippen LogP contribution in [0.1, 0.15) is 21.6 Å². The van der Waals surface area contributed by atoms with E-state index in [0.717, 1.165) is 17.0 Å². The summed E-state index contributed by atoms with van der Waals surface area (Å²) < 4.78 is 64.8. The van der Waals surface area contributed by atoms with Gasteiger partial charge in [-0.1, -0.05) is 35.3 Å². The summed E-state index contributed by atoms with van der Waals surface area (Å²) in [5.41, 5.74) is -0.872. The number of nitrogens with zero attached hydrogens (tertiary/aromatic N) is 3. The van der Waals surface area contributed by atoms with E-state index in [4.69, 9.17) is 23.2 Å². The van der Waals surface area contributed by atoms with Gasteiger partial charge in [-0.15, -0.1) is 0 Å². The molecule has 1 unspecified atom stereocenters. The Hall–Kier alpha value is -3.68. The Morgan fingerprint density at radius 3 is 2.40 bits per heavy atom. The molecule has 210 valence electrons. The van der Waals surface area contributed by atoms with Crippen molar-refractivity contribution in [3.05, 3.63) is 75.5 Å². The molecule has 1 atom stereocenters. The molecule has 4 aromatic rings. The molecule has 0 radical (unpaired) electrons. The lowest BCUT2D eigenvalue weighted by Crippen LogP contribution is -2.42. The standard InChI is InChI=1S/C25H19Cl2F3N4O5S/c1-34-22(27)20(21(33-34)25(28,29)30)18-8-4-13-9-12(3-7-17(13)31-18)10-19(24(36)37)32-23(35)15-6-5-14(11-16(15)26)40(2,38)39/h3-9,11,19H,10H2,1-2H3,(H,32,35)(H,36,37). The number of sulfone groups is 1. The summed E-state index contributed by atoms with van der Waals surface area (Å²) in [4.78, 5) is 28.8. The van der Waals surface area contributed by atoms with Gasteiger partial charge >= 0.3 is 12.1 Å². The predicted molar refractivity (Wildman–Crippen MR) is 141 cm³/mol. The maximum Gasteiger partial charge on any atom is 0.435 e. The minimum atomic E-state index is -4.75. The van der Waals surface area contributed by atoms with Gasteiger partial charge in [0.15, 0.2) is 15.5 Å².